The van der Waals surface area contributed by atoms with Crippen LogP contribution < -0.4 is 5.73 Å². The molecule has 0 atom stereocenters. The number of anilines is 1. The molecule has 0 bridgehead atoms. The maximum absolute atomic E-state index is 5.81. The summed E-state index contributed by atoms with van der Waals surface area (Å²) in [7, 11) is 0. The molecule has 0 aromatic heterocycles. The van der Waals surface area contributed by atoms with Crippen molar-refractivity contribution in [3.63, 3.8) is 0 Å². The molecule has 78 valence electrons. The predicted octanol–water partition coefficient (Wildman–Crippen LogP) is 4.09. The van der Waals surface area contributed by atoms with Crippen LogP contribution in [0.25, 0.3) is 0 Å². The number of benzene rings is 1. The van der Waals surface area contributed by atoms with Crippen molar-refractivity contribution in [3.8, 4) is 0 Å². The molecule has 0 saturated carbocycles. The number of thioether (sulfide) groups is 1. The van der Waals surface area contributed by atoms with Crippen molar-refractivity contribution in [1.29, 1.82) is 0 Å². The average Bonchev–Trinajstić information content (AvgIpc) is 2.09. The van der Waals surface area contributed by atoms with E-state index in [1.165, 1.54) is 4.90 Å². The van der Waals surface area contributed by atoms with Crippen molar-refractivity contribution >= 4 is 33.4 Å². The number of hydrogen-bond acceptors (Lipinski definition) is 2. The molecule has 0 aliphatic rings. The zero-order chi connectivity index (χ0) is 10.7. The van der Waals surface area contributed by atoms with E-state index in [0.717, 1.165) is 21.5 Å². The minimum absolute atomic E-state index is 0.713. The Hall–Kier alpha value is -0.150. The van der Waals surface area contributed by atoms with Crippen LogP contribution >= 0.6 is 27.7 Å². The van der Waals surface area contributed by atoms with Gasteiger partial charge in [-0.15, -0.1) is 11.8 Å². The average molecular weight is 274 g/mol. The number of nitrogen functional groups attached to an aromatic ring is 1. The first-order chi connectivity index (χ1) is 6.50. The van der Waals surface area contributed by atoms with Crippen molar-refractivity contribution in [2.24, 2.45) is 5.92 Å². The van der Waals surface area contributed by atoms with Crippen molar-refractivity contribution in [3.05, 3.63) is 22.2 Å². The van der Waals surface area contributed by atoms with Gasteiger partial charge in [0.2, 0.25) is 0 Å². The summed E-state index contributed by atoms with van der Waals surface area (Å²) >= 11 is 5.41. The molecule has 0 radical (unpaired) electrons. The van der Waals surface area contributed by atoms with Crippen molar-refractivity contribution in [2.75, 3.05) is 11.5 Å². The third kappa shape index (κ3) is 3.21. The highest BCUT2D eigenvalue weighted by molar-refractivity contribution is 9.10. The Bertz CT molecular complexity index is 323. The summed E-state index contributed by atoms with van der Waals surface area (Å²) in [6.45, 7) is 6.50. The van der Waals surface area contributed by atoms with Crippen molar-refractivity contribution < 1.29 is 0 Å². The quantitative estimate of drug-likeness (QED) is 0.663. The van der Waals surface area contributed by atoms with Gasteiger partial charge in [0.25, 0.3) is 0 Å². The van der Waals surface area contributed by atoms with E-state index in [2.05, 4.69) is 35.8 Å². The molecule has 0 saturated heterocycles. The highest BCUT2D eigenvalue weighted by Crippen LogP contribution is 2.32. The normalized spacial score (nSPS) is 10.9. The lowest BCUT2D eigenvalue weighted by Crippen LogP contribution is -1.93. The molecule has 1 aromatic carbocycles. The molecule has 0 aliphatic heterocycles. The second-order valence-corrected chi connectivity index (χ2v) is 5.76. The van der Waals surface area contributed by atoms with Gasteiger partial charge < -0.3 is 5.73 Å². The summed E-state index contributed by atoms with van der Waals surface area (Å²) in [4.78, 5) is 1.28. The first-order valence-corrected chi connectivity index (χ1v) is 6.47. The third-order valence-electron chi connectivity index (χ3n) is 1.89. The van der Waals surface area contributed by atoms with Crippen LogP contribution in [0.3, 0.4) is 0 Å². The molecule has 1 rings (SSSR count). The minimum atomic E-state index is 0.713. The van der Waals surface area contributed by atoms with Gasteiger partial charge in [0, 0.05) is 20.8 Å². The summed E-state index contributed by atoms with van der Waals surface area (Å²) in [5, 5.41) is 0. The minimum Gasteiger partial charge on any atom is -0.398 e. The fourth-order valence-corrected chi connectivity index (χ4v) is 2.71. The van der Waals surface area contributed by atoms with E-state index in [0.29, 0.717) is 5.92 Å². The molecule has 1 nitrogen and oxygen atoms in total. The van der Waals surface area contributed by atoms with E-state index in [9.17, 15) is 0 Å². The second-order valence-electron chi connectivity index (χ2n) is 3.84. The summed E-state index contributed by atoms with van der Waals surface area (Å²) in [6.07, 6.45) is 0. The van der Waals surface area contributed by atoms with Gasteiger partial charge in [0.1, 0.15) is 0 Å². The number of halogens is 1. The second kappa shape index (κ2) is 5.08. The molecule has 0 fully saturated rings. The van der Waals surface area contributed by atoms with E-state index < -0.39 is 0 Å². The van der Waals surface area contributed by atoms with E-state index in [-0.39, 0.29) is 0 Å². The maximum atomic E-state index is 5.81. The summed E-state index contributed by atoms with van der Waals surface area (Å²) in [5.74, 6) is 1.85. The SMILES string of the molecule is Cc1cc(SCC(C)C)c(Br)cc1N. The van der Waals surface area contributed by atoms with Gasteiger partial charge in [0.05, 0.1) is 0 Å². The van der Waals surface area contributed by atoms with E-state index in [4.69, 9.17) is 5.73 Å². The summed E-state index contributed by atoms with van der Waals surface area (Å²) in [5.41, 5.74) is 7.81. The highest BCUT2D eigenvalue weighted by Gasteiger charge is 2.05. The lowest BCUT2D eigenvalue weighted by molar-refractivity contribution is 0.750. The Labute approximate surface area is 98.6 Å². The van der Waals surface area contributed by atoms with Crippen LogP contribution in [0.4, 0.5) is 5.69 Å². The van der Waals surface area contributed by atoms with Crippen molar-refractivity contribution in [2.45, 2.75) is 25.7 Å². The standard InChI is InChI=1S/C11H16BrNS/c1-7(2)6-14-11-4-8(3)10(13)5-9(11)12/h4-5,7H,6,13H2,1-3H3. The molecule has 0 unspecified atom stereocenters. The predicted molar refractivity (Wildman–Crippen MR) is 68.9 cm³/mol. The van der Waals surface area contributed by atoms with Crippen LogP contribution in [0.1, 0.15) is 19.4 Å². The summed E-state index contributed by atoms with van der Waals surface area (Å²) in [6, 6.07) is 4.13. The Morgan fingerprint density at radius 1 is 1.43 bits per heavy atom. The molecule has 0 aliphatic carbocycles. The number of hydrogen-bond donors (Lipinski definition) is 1. The first kappa shape index (κ1) is 11.9. The number of rotatable bonds is 3. The van der Waals surface area contributed by atoms with E-state index in [1.807, 2.05) is 24.8 Å². The van der Waals surface area contributed by atoms with E-state index >= 15 is 0 Å². The molecule has 2 N–H and O–H groups in total. The van der Waals surface area contributed by atoms with Gasteiger partial charge in [-0.1, -0.05) is 13.8 Å². The molecule has 0 spiro atoms. The Balaban J connectivity index is 2.82. The smallest absolute Gasteiger partial charge is 0.0355 e. The Morgan fingerprint density at radius 2 is 2.07 bits per heavy atom. The molecule has 14 heavy (non-hydrogen) atoms. The Morgan fingerprint density at radius 3 is 2.64 bits per heavy atom. The monoisotopic (exact) mass is 273 g/mol. The zero-order valence-electron chi connectivity index (χ0n) is 8.80. The highest BCUT2D eigenvalue weighted by atomic mass is 79.9. The molecular weight excluding hydrogens is 258 g/mol. The largest absolute Gasteiger partial charge is 0.398 e. The molecule has 1 aromatic rings. The van der Waals surface area contributed by atoms with Gasteiger partial charge in [0.15, 0.2) is 0 Å². The fourth-order valence-electron chi connectivity index (χ4n) is 1.04. The van der Waals surface area contributed by atoms with Crippen LogP contribution in [0.15, 0.2) is 21.5 Å². The van der Waals surface area contributed by atoms with Crippen LogP contribution in [0.5, 0.6) is 0 Å². The van der Waals surface area contributed by atoms with Crippen LogP contribution in [0, 0.1) is 12.8 Å². The molecule has 0 amide bonds. The van der Waals surface area contributed by atoms with Gasteiger partial charge in [-0.25, -0.2) is 0 Å². The van der Waals surface area contributed by atoms with Gasteiger partial charge in [-0.2, -0.15) is 0 Å². The third-order valence-corrected chi connectivity index (χ3v) is 4.29. The van der Waals surface area contributed by atoms with E-state index in [1.54, 1.807) is 0 Å². The van der Waals surface area contributed by atoms with Gasteiger partial charge in [-0.05, 0) is 46.5 Å². The molecular formula is C11H16BrNS. The molecule has 0 heterocycles. The Kier molecular flexibility index (Phi) is 4.32. The van der Waals surface area contributed by atoms with Gasteiger partial charge in [-0.3, -0.25) is 0 Å². The van der Waals surface area contributed by atoms with Crippen LogP contribution in [0.2, 0.25) is 0 Å². The lowest BCUT2D eigenvalue weighted by atomic mass is 10.2. The topological polar surface area (TPSA) is 26.0 Å². The van der Waals surface area contributed by atoms with Crippen molar-refractivity contribution in [1.82, 2.24) is 0 Å². The van der Waals surface area contributed by atoms with Crippen LogP contribution in [-0.4, -0.2) is 5.75 Å². The maximum Gasteiger partial charge on any atom is 0.0355 e. The summed E-state index contributed by atoms with van der Waals surface area (Å²) < 4.78 is 1.10. The fraction of sp³-hybridized carbons (Fsp3) is 0.455. The molecule has 3 heteroatoms. The lowest BCUT2D eigenvalue weighted by Gasteiger charge is -2.09. The van der Waals surface area contributed by atoms with Gasteiger partial charge >= 0.3 is 0 Å². The number of nitrogens with two attached hydrogens (primary N) is 1. The van der Waals surface area contributed by atoms with Crippen LogP contribution in [-0.2, 0) is 0 Å². The number of aryl methyl sites for hydroxylation is 1. The first-order valence-electron chi connectivity index (χ1n) is 4.69. The zero-order valence-corrected chi connectivity index (χ0v) is 11.2.